The van der Waals surface area contributed by atoms with Gasteiger partial charge >= 0.3 is 0 Å². The molecule has 3 rings (SSSR count). The van der Waals surface area contributed by atoms with Gasteiger partial charge in [0.25, 0.3) is 0 Å². The molecule has 84 valence electrons. The van der Waals surface area contributed by atoms with Crippen molar-refractivity contribution in [1.29, 1.82) is 0 Å². The van der Waals surface area contributed by atoms with Gasteiger partial charge in [0.15, 0.2) is 0 Å². The van der Waals surface area contributed by atoms with E-state index in [2.05, 4.69) is 9.97 Å². The lowest BCUT2D eigenvalue weighted by Gasteiger charge is -1.93. The number of aromatic nitrogens is 2. The van der Waals surface area contributed by atoms with Crippen LogP contribution in [0.25, 0.3) is 20.8 Å². The number of nitrogens with two attached hydrogens (primary N) is 1. The average molecular weight is 245 g/mol. The number of nitrogen functional groups attached to an aromatic ring is 1. The Morgan fingerprint density at radius 2 is 2.06 bits per heavy atom. The summed E-state index contributed by atoms with van der Waals surface area (Å²) < 4.78 is 14.1. The van der Waals surface area contributed by atoms with Crippen molar-refractivity contribution < 1.29 is 4.39 Å². The van der Waals surface area contributed by atoms with Crippen LogP contribution in [0.1, 0.15) is 0 Å². The van der Waals surface area contributed by atoms with E-state index in [1.807, 2.05) is 12.1 Å². The lowest BCUT2D eigenvalue weighted by Crippen LogP contribution is -1.82. The topological polar surface area (TPSA) is 51.8 Å². The minimum absolute atomic E-state index is 0.360. The van der Waals surface area contributed by atoms with Gasteiger partial charge in [0.1, 0.15) is 10.8 Å². The lowest BCUT2D eigenvalue weighted by atomic mass is 10.3. The number of hydrogen-bond donors (Lipinski definition) is 1. The van der Waals surface area contributed by atoms with Crippen LogP contribution in [-0.2, 0) is 0 Å². The smallest absolute Gasteiger partial charge is 0.142 e. The third kappa shape index (κ3) is 1.85. The Balaban J connectivity index is 2.18. The molecule has 5 heteroatoms. The number of halogens is 1. The van der Waals surface area contributed by atoms with Gasteiger partial charge in [-0.05, 0) is 24.3 Å². The third-order valence-corrected chi connectivity index (χ3v) is 3.43. The molecule has 0 fully saturated rings. The molecule has 0 unspecified atom stereocenters. The van der Waals surface area contributed by atoms with E-state index < -0.39 is 0 Å². The van der Waals surface area contributed by atoms with Gasteiger partial charge < -0.3 is 5.73 Å². The van der Waals surface area contributed by atoms with Crippen LogP contribution >= 0.6 is 11.3 Å². The first-order valence-corrected chi connectivity index (χ1v) is 5.81. The van der Waals surface area contributed by atoms with E-state index >= 15 is 0 Å². The van der Waals surface area contributed by atoms with Crippen molar-refractivity contribution in [1.82, 2.24) is 9.97 Å². The number of fused-ring (bicyclic) bond motifs is 1. The van der Waals surface area contributed by atoms with Gasteiger partial charge in [-0.3, -0.25) is 4.98 Å². The van der Waals surface area contributed by atoms with Crippen LogP contribution in [0.3, 0.4) is 0 Å². The Kier molecular flexibility index (Phi) is 2.26. The van der Waals surface area contributed by atoms with Gasteiger partial charge in [-0.25, -0.2) is 9.37 Å². The summed E-state index contributed by atoms with van der Waals surface area (Å²) in [6.07, 6.45) is 2.78. The molecule has 0 atom stereocenters. The van der Waals surface area contributed by atoms with E-state index in [1.165, 1.54) is 23.6 Å². The van der Waals surface area contributed by atoms with Crippen LogP contribution in [-0.4, -0.2) is 9.97 Å². The summed E-state index contributed by atoms with van der Waals surface area (Å²) in [7, 11) is 0. The molecule has 17 heavy (non-hydrogen) atoms. The molecule has 2 aromatic heterocycles. The Hall–Kier alpha value is -2.01. The molecule has 0 spiro atoms. The number of benzene rings is 1. The molecule has 3 nitrogen and oxygen atoms in total. The lowest BCUT2D eigenvalue weighted by molar-refractivity contribution is 0.622. The molecule has 0 bridgehead atoms. The maximum absolute atomic E-state index is 13.1. The van der Waals surface area contributed by atoms with Crippen LogP contribution in [0.2, 0.25) is 0 Å². The molecular formula is C12H8FN3S. The summed E-state index contributed by atoms with van der Waals surface area (Å²) in [5.74, 6) is -0.360. The van der Waals surface area contributed by atoms with E-state index in [-0.39, 0.29) is 5.82 Å². The van der Waals surface area contributed by atoms with Gasteiger partial charge in [-0.15, -0.1) is 11.3 Å². The van der Waals surface area contributed by atoms with Crippen molar-refractivity contribution in [2.75, 3.05) is 5.73 Å². The molecule has 3 aromatic rings. The average Bonchev–Trinajstić information content (AvgIpc) is 2.72. The number of hydrogen-bond acceptors (Lipinski definition) is 4. The van der Waals surface area contributed by atoms with E-state index in [1.54, 1.807) is 12.3 Å². The highest BCUT2D eigenvalue weighted by Gasteiger charge is 2.07. The normalized spacial score (nSPS) is 10.9. The summed E-state index contributed by atoms with van der Waals surface area (Å²) in [5, 5.41) is 0.748. The van der Waals surface area contributed by atoms with Crippen molar-refractivity contribution in [3.63, 3.8) is 0 Å². The second-order valence-corrected chi connectivity index (χ2v) is 4.67. The predicted octanol–water partition coefficient (Wildman–Crippen LogP) is 3.08. The fourth-order valence-electron chi connectivity index (χ4n) is 1.59. The van der Waals surface area contributed by atoms with Gasteiger partial charge in [0, 0.05) is 17.4 Å². The fourth-order valence-corrected chi connectivity index (χ4v) is 2.59. The maximum Gasteiger partial charge on any atom is 0.142 e. The summed E-state index contributed by atoms with van der Waals surface area (Å²) in [6, 6.07) is 6.95. The van der Waals surface area contributed by atoms with E-state index in [4.69, 9.17) is 5.73 Å². The quantitative estimate of drug-likeness (QED) is 0.670. The van der Waals surface area contributed by atoms with Gasteiger partial charge in [0.2, 0.25) is 0 Å². The van der Waals surface area contributed by atoms with Crippen molar-refractivity contribution in [2.24, 2.45) is 0 Å². The second kappa shape index (κ2) is 3.78. The maximum atomic E-state index is 13.1. The molecule has 1 aromatic carbocycles. The zero-order chi connectivity index (χ0) is 11.8. The van der Waals surface area contributed by atoms with Crippen molar-refractivity contribution in [3.8, 4) is 10.6 Å². The molecule has 2 N–H and O–H groups in total. The van der Waals surface area contributed by atoms with Gasteiger partial charge in [0.05, 0.1) is 16.4 Å². The highest BCUT2D eigenvalue weighted by molar-refractivity contribution is 7.21. The zero-order valence-corrected chi connectivity index (χ0v) is 9.54. The zero-order valence-electron chi connectivity index (χ0n) is 8.72. The number of anilines is 1. The monoisotopic (exact) mass is 245 g/mol. The van der Waals surface area contributed by atoms with Crippen LogP contribution in [0.4, 0.5) is 10.1 Å². The molecule has 2 heterocycles. The van der Waals surface area contributed by atoms with Crippen molar-refractivity contribution in [3.05, 3.63) is 42.5 Å². The largest absolute Gasteiger partial charge is 0.399 e. The second-order valence-electron chi connectivity index (χ2n) is 3.64. The standard InChI is InChI=1S/C12H8FN3S/c13-8-3-7(5-15-6-8)12-16-10-2-1-9(14)4-11(10)17-12/h1-6H,14H2. The first kappa shape index (κ1) is 10.2. The number of rotatable bonds is 1. The number of nitrogens with zero attached hydrogens (tertiary/aromatic N) is 2. The van der Waals surface area contributed by atoms with Crippen molar-refractivity contribution >= 4 is 27.2 Å². The first-order chi connectivity index (χ1) is 8.22. The van der Waals surface area contributed by atoms with E-state index in [9.17, 15) is 4.39 Å². The molecule has 0 aliphatic rings. The Morgan fingerprint density at radius 3 is 2.88 bits per heavy atom. The fraction of sp³-hybridized carbons (Fsp3) is 0. The molecule has 0 amide bonds. The van der Waals surface area contributed by atoms with E-state index in [0.717, 1.165) is 15.2 Å². The van der Waals surface area contributed by atoms with E-state index in [0.29, 0.717) is 11.3 Å². The Labute approximate surface area is 101 Å². The SMILES string of the molecule is Nc1ccc2nc(-c3cncc(F)c3)sc2c1. The third-order valence-electron chi connectivity index (χ3n) is 2.36. The highest BCUT2D eigenvalue weighted by Crippen LogP contribution is 2.30. The Morgan fingerprint density at radius 1 is 1.18 bits per heavy atom. The van der Waals surface area contributed by atoms with Gasteiger partial charge in [-0.2, -0.15) is 0 Å². The molecule has 0 saturated carbocycles. The number of thiazole rings is 1. The summed E-state index contributed by atoms with van der Waals surface area (Å²) in [6.45, 7) is 0. The summed E-state index contributed by atoms with van der Waals surface area (Å²) in [4.78, 5) is 8.24. The molecule has 0 aliphatic heterocycles. The van der Waals surface area contributed by atoms with Gasteiger partial charge in [-0.1, -0.05) is 0 Å². The number of pyridine rings is 1. The van der Waals surface area contributed by atoms with Crippen LogP contribution in [0, 0.1) is 5.82 Å². The molecule has 0 saturated heterocycles. The van der Waals surface area contributed by atoms with Crippen LogP contribution in [0.15, 0.2) is 36.7 Å². The minimum Gasteiger partial charge on any atom is -0.399 e. The molecular weight excluding hydrogens is 237 g/mol. The van der Waals surface area contributed by atoms with Crippen molar-refractivity contribution in [2.45, 2.75) is 0 Å². The molecule has 0 radical (unpaired) electrons. The summed E-state index contributed by atoms with van der Waals surface area (Å²) >= 11 is 1.48. The van der Waals surface area contributed by atoms with Crippen LogP contribution in [0.5, 0.6) is 0 Å². The summed E-state index contributed by atoms with van der Waals surface area (Å²) in [5.41, 5.74) is 7.95. The minimum atomic E-state index is -0.360. The highest BCUT2D eigenvalue weighted by atomic mass is 32.1. The predicted molar refractivity (Wildman–Crippen MR) is 67.2 cm³/mol. The van der Waals surface area contributed by atoms with Crippen LogP contribution < -0.4 is 5.73 Å². The molecule has 0 aliphatic carbocycles. The Bertz CT molecular complexity index is 693. The first-order valence-electron chi connectivity index (χ1n) is 4.99.